The van der Waals surface area contributed by atoms with Gasteiger partial charge in [-0.2, -0.15) is 0 Å². The van der Waals surface area contributed by atoms with Gasteiger partial charge in [-0.25, -0.2) is 0 Å². The van der Waals surface area contributed by atoms with Crippen LogP contribution in [-0.2, 0) is 13.8 Å². The fraction of sp³-hybridized carbons (Fsp3) is 1.00. The van der Waals surface area contributed by atoms with Crippen molar-refractivity contribution in [3.8, 4) is 0 Å². The highest BCUT2D eigenvalue weighted by molar-refractivity contribution is 7.32. The van der Waals surface area contributed by atoms with E-state index in [2.05, 4.69) is 6.92 Å². The van der Waals surface area contributed by atoms with E-state index in [1.54, 1.807) is 13.8 Å². The molecule has 0 radical (unpaired) electrons. The van der Waals surface area contributed by atoms with Crippen molar-refractivity contribution < 1.29 is 18.7 Å². The van der Waals surface area contributed by atoms with Gasteiger partial charge < -0.3 is 14.2 Å². The van der Waals surface area contributed by atoms with Crippen LogP contribution >= 0.6 is 8.25 Å². The molecule has 0 aromatic rings. The van der Waals surface area contributed by atoms with E-state index in [-0.39, 0.29) is 5.60 Å². The van der Waals surface area contributed by atoms with Crippen molar-refractivity contribution in [2.45, 2.75) is 58.7 Å². The van der Waals surface area contributed by atoms with Gasteiger partial charge in [-0.3, -0.25) is 4.57 Å². The minimum Gasteiger partial charge on any atom is -0.375 e. The second-order valence-electron chi connectivity index (χ2n) is 4.84. The monoisotopic (exact) mass is 238 g/mol. The molecular weight excluding hydrogens is 215 g/mol. The molecule has 0 rings (SSSR count). The SMILES string of the molecule is CCC(C)(C)OCCC(C)(C)O[PH](=O)O. The van der Waals surface area contributed by atoms with Gasteiger partial charge in [0.2, 0.25) is 0 Å². The average Bonchev–Trinajstić information content (AvgIpc) is 2.00. The van der Waals surface area contributed by atoms with E-state index in [0.717, 1.165) is 6.42 Å². The largest absolute Gasteiger partial charge is 0.375 e. The number of hydrogen-bond donors (Lipinski definition) is 1. The van der Waals surface area contributed by atoms with Gasteiger partial charge in [-0.05, 0) is 40.5 Å². The van der Waals surface area contributed by atoms with Crippen molar-refractivity contribution in [1.82, 2.24) is 0 Å². The third-order valence-electron chi connectivity index (χ3n) is 2.41. The Kier molecular flexibility index (Phi) is 6.04. The topological polar surface area (TPSA) is 55.8 Å². The lowest BCUT2D eigenvalue weighted by molar-refractivity contribution is -0.0424. The Bertz CT molecular complexity index is 213. The summed E-state index contributed by atoms with van der Waals surface area (Å²) in [5.74, 6) is 0. The molecule has 0 heterocycles. The Morgan fingerprint density at radius 1 is 1.20 bits per heavy atom. The van der Waals surface area contributed by atoms with Crippen molar-refractivity contribution in [2.24, 2.45) is 0 Å². The van der Waals surface area contributed by atoms with E-state index >= 15 is 0 Å². The molecule has 1 N–H and O–H groups in total. The summed E-state index contributed by atoms with van der Waals surface area (Å²) >= 11 is 0. The van der Waals surface area contributed by atoms with Gasteiger partial charge in [0.1, 0.15) is 0 Å². The minimum atomic E-state index is -2.87. The molecule has 0 aliphatic rings. The zero-order valence-electron chi connectivity index (χ0n) is 10.3. The zero-order valence-corrected chi connectivity index (χ0v) is 11.3. The maximum absolute atomic E-state index is 10.6. The van der Waals surface area contributed by atoms with Crippen LogP contribution < -0.4 is 0 Å². The van der Waals surface area contributed by atoms with Crippen LogP contribution in [0.15, 0.2) is 0 Å². The molecule has 0 fully saturated rings. The highest BCUT2D eigenvalue weighted by atomic mass is 31.1. The Morgan fingerprint density at radius 2 is 1.73 bits per heavy atom. The molecule has 0 saturated carbocycles. The molecule has 5 heteroatoms. The molecule has 0 aliphatic carbocycles. The van der Waals surface area contributed by atoms with Gasteiger partial charge in [0.25, 0.3) is 0 Å². The first kappa shape index (κ1) is 15.1. The zero-order chi connectivity index (χ0) is 12.1. The summed E-state index contributed by atoms with van der Waals surface area (Å²) in [5, 5.41) is 0. The molecule has 0 amide bonds. The summed E-state index contributed by atoms with van der Waals surface area (Å²) in [6.45, 7) is 10.2. The van der Waals surface area contributed by atoms with Crippen LogP contribution in [-0.4, -0.2) is 22.7 Å². The predicted octanol–water partition coefficient (Wildman–Crippen LogP) is 2.76. The van der Waals surface area contributed by atoms with Crippen molar-refractivity contribution in [2.75, 3.05) is 6.61 Å². The fourth-order valence-electron chi connectivity index (χ4n) is 0.963. The molecule has 1 atom stereocenters. The lowest BCUT2D eigenvalue weighted by Crippen LogP contribution is -2.29. The summed E-state index contributed by atoms with van der Waals surface area (Å²) in [6.07, 6.45) is 1.54. The molecule has 0 spiro atoms. The van der Waals surface area contributed by atoms with Crippen LogP contribution in [0.1, 0.15) is 47.5 Å². The predicted molar refractivity (Wildman–Crippen MR) is 61.3 cm³/mol. The van der Waals surface area contributed by atoms with E-state index in [1.807, 2.05) is 13.8 Å². The maximum Gasteiger partial charge on any atom is 0.317 e. The third-order valence-corrected chi connectivity index (χ3v) is 3.14. The molecule has 0 aliphatic heterocycles. The van der Waals surface area contributed by atoms with Crippen molar-refractivity contribution in [1.29, 1.82) is 0 Å². The van der Waals surface area contributed by atoms with Gasteiger partial charge >= 0.3 is 8.25 Å². The van der Waals surface area contributed by atoms with Gasteiger partial charge in [0.15, 0.2) is 0 Å². The highest BCUT2D eigenvalue weighted by Crippen LogP contribution is 2.28. The van der Waals surface area contributed by atoms with Crippen LogP contribution in [0, 0.1) is 0 Å². The second kappa shape index (κ2) is 6.00. The maximum atomic E-state index is 10.6. The van der Waals surface area contributed by atoms with Gasteiger partial charge in [0, 0.05) is 0 Å². The van der Waals surface area contributed by atoms with Gasteiger partial charge in [-0.1, -0.05) is 6.92 Å². The fourth-order valence-corrected chi connectivity index (χ4v) is 1.54. The Labute approximate surface area is 92.9 Å². The second-order valence-corrected chi connectivity index (χ2v) is 5.58. The van der Waals surface area contributed by atoms with Crippen molar-refractivity contribution in [3.63, 3.8) is 0 Å². The number of ether oxygens (including phenoxy) is 1. The van der Waals surface area contributed by atoms with Crippen molar-refractivity contribution in [3.05, 3.63) is 0 Å². The molecular formula is C10H23O4P. The lowest BCUT2D eigenvalue weighted by Gasteiger charge is -2.28. The normalized spacial score (nSPS) is 15.3. The molecule has 0 aromatic carbocycles. The molecule has 15 heavy (non-hydrogen) atoms. The van der Waals surface area contributed by atoms with Gasteiger partial charge in [-0.15, -0.1) is 0 Å². The summed E-state index contributed by atoms with van der Waals surface area (Å²) in [4.78, 5) is 8.68. The van der Waals surface area contributed by atoms with E-state index in [4.69, 9.17) is 14.2 Å². The van der Waals surface area contributed by atoms with Crippen LogP contribution in [0.2, 0.25) is 0 Å². The first-order valence-corrected chi connectivity index (χ1v) is 6.51. The van der Waals surface area contributed by atoms with Crippen LogP contribution in [0.25, 0.3) is 0 Å². The smallest absolute Gasteiger partial charge is 0.317 e. The van der Waals surface area contributed by atoms with Crippen LogP contribution in [0.3, 0.4) is 0 Å². The molecule has 1 unspecified atom stereocenters. The molecule has 4 nitrogen and oxygen atoms in total. The van der Waals surface area contributed by atoms with Crippen molar-refractivity contribution >= 4 is 8.25 Å². The summed E-state index contributed by atoms with van der Waals surface area (Å²) in [5.41, 5.74) is -0.741. The molecule has 0 aromatic heterocycles. The van der Waals surface area contributed by atoms with E-state index in [1.165, 1.54) is 0 Å². The standard InChI is InChI=1S/C10H23O4P/c1-6-9(2,3)13-8-7-10(4,5)14-15(11)12/h15H,6-8H2,1-5H3,(H,11,12). The Balaban J connectivity index is 3.89. The lowest BCUT2D eigenvalue weighted by atomic mass is 10.0. The third kappa shape index (κ3) is 7.97. The molecule has 0 saturated heterocycles. The summed E-state index contributed by atoms with van der Waals surface area (Å²) in [6, 6.07) is 0. The Hall–Kier alpha value is 0.110. The average molecular weight is 238 g/mol. The molecule has 0 bridgehead atoms. The van der Waals surface area contributed by atoms with Gasteiger partial charge in [0.05, 0.1) is 17.8 Å². The summed E-state index contributed by atoms with van der Waals surface area (Å²) in [7, 11) is -2.87. The number of hydrogen-bond acceptors (Lipinski definition) is 3. The highest BCUT2D eigenvalue weighted by Gasteiger charge is 2.23. The quantitative estimate of drug-likeness (QED) is 0.693. The van der Waals surface area contributed by atoms with E-state index in [9.17, 15) is 4.57 Å². The van der Waals surface area contributed by atoms with E-state index in [0.29, 0.717) is 13.0 Å². The number of rotatable bonds is 7. The molecule has 92 valence electrons. The van der Waals surface area contributed by atoms with E-state index < -0.39 is 13.9 Å². The minimum absolute atomic E-state index is 0.138. The summed E-state index contributed by atoms with van der Waals surface area (Å²) < 4.78 is 21.1. The van der Waals surface area contributed by atoms with Crippen LogP contribution in [0.5, 0.6) is 0 Å². The Morgan fingerprint density at radius 3 is 2.13 bits per heavy atom. The first-order chi connectivity index (χ1) is 6.68. The first-order valence-electron chi connectivity index (χ1n) is 5.24. The van der Waals surface area contributed by atoms with Crippen LogP contribution in [0.4, 0.5) is 0 Å².